The van der Waals surface area contributed by atoms with E-state index in [0.717, 1.165) is 11.1 Å². The molecule has 0 aliphatic rings. The number of aryl methyl sites for hydroxylation is 2. The van der Waals surface area contributed by atoms with Crippen LogP contribution in [0.25, 0.3) is 0 Å². The Hall–Kier alpha value is -1.74. The summed E-state index contributed by atoms with van der Waals surface area (Å²) in [7, 11) is -1.25. The topological polar surface area (TPSA) is 34.1 Å². The van der Waals surface area contributed by atoms with Gasteiger partial charge in [0, 0.05) is 10.8 Å². The molecule has 0 aliphatic carbocycles. The zero-order valence-electron chi connectivity index (χ0n) is 12.6. The third-order valence-corrected chi connectivity index (χ3v) is 5.13. The van der Waals surface area contributed by atoms with Gasteiger partial charge in [-0.25, -0.2) is 0 Å². The van der Waals surface area contributed by atoms with Crippen LogP contribution >= 0.6 is 0 Å². The van der Waals surface area contributed by atoms with Crippen molar-refractivity contribution >= 4 is 16.6 Å². The van der Waals surface area contributed by atoms with Gasteiger partial charge in [-0.05, 0) is 31.9 Å². The second-order valence-corrected chi connectivity index (χ2v) is 6.95. The molecule has 0 spiro atoms. The lowest BCUT2D eigenvalue weighted by Crippen LogP contribution is -2.16. The van der Waals surface area contributed by atoms with E-state index in [1.54, 1.807) is 0 Å². The molecule has 0 fully saturated rings. The molecule has 21 heavy (non-hydrogen) atoms. The van der Waals surface area contributed by atoms with Gasteiger partial charge in [-0.3, -0.25) is 9.00 Å². The molecule has 1 atom stereocenters. The van der Waals surface area contributed by atoms with E-state index in [0.29, 0.717) is 0 Å². The maximum absolute atomic E-state index is 12.6. The van der Waals surface area contributed by atoms with Gasteiger partial charge in [0.2, 0.25) is 0 Å². The number of carbonyl (C=O) groups is 1. The maximum Gasteiger partial charge on any atom is 0.142 e. The highest BCUT2D eigenvalue weighted by Crippen LogP contribution is 2.29. The quantitative estimate of drug-likeness (QED) is 0.843. The van der Waals surface area contributed by atoms with E-state index in [2.05, 4.69) is 0 Å². The van der Waals surface area contributed by atoms with Crippen LogP contribution in [0, 0.1) is 13.8 Å². The summed E-state index contributed by atoms with van der Waals surface area (Å²) in [6.07, 6.45) is 0. The number of hydrogen-bond acceptors (Lipinski definition) is 2. The summed E-state index contributed by atoms with van der Waals surface area (Å²) < 4.78 is 12.6. The normalized spacial score (nSPS) is 12.4. The zero-order valence-corrected chi connectivity index (χ0v) is 13.4. The van der Waals surface area contributed by atoms with Gasteiger partial charge in [0.25, 0.3) is 0 Å². The predicted molar refractivity (Wildman–Crippen MR) is 87.9 cm³/mol. The molecule has 2 rings (SSSR count). The van der Waals surface area contributed by atoms with Crippen LogP contribution in [-0.4, -0.2) is 15.7 Å². The molecule has 1 unspecified atom stereocenters. The maximum atomic E-state index is 12.6. The molecule has 2 nitrogen and oxygen atoms in total. The second kappa shape index (κ2) is 6.81. The van der Waals surface area contributed by atoms with Crippen molar-refractivity contribution in [3.05, 3.63) is 70.8 Å². The molecule has 0 heterocycles. The minimum Gasteiger partial charge on any atom is -0.299 e. The van der Waals surface area contributed by atoms with Crippen LogP contribution in [0.4, 0.5) is 0 Å². The lowest BCUT2D eigenvalue weighted by Gasteiger charge is -2.17. The van der Waals surface area contributed by atoms with E-state index in [9.17, 15) is 9.00 Å². The molecule has 0 bridgehead atoms. The van der Waals surface area contributed by atoms with Crippen LogP contribution in [0.15, 0.2) is 48.5 Å². The van der Waals surface area contributed by atoms with Crippen LogP contribution in [0.1, 0.15) is 34.4 Å². The highest BCUT2D eigenvalue weighted by Gasteiger charge is 2.22. The number of hydrogen-bond donors (Lipinski definition) is 0. The Morgan fingerprint density at radius 3 is 1.62 bits per heavy atom. The minimum absolute atomic E-state index is 0.0439. The number of rotatable bonds is 5. The van der Waals surface area contributed by atoms with Gasteiger partial charge in [-0.2, -0.15) is 0 Å². The fraction of sp³-hybridized carbons (Fsp3) is 0.278. The fourth-order valence-electron chi connectivity index (χ4n) is 2.26. The van der Waals surface area contributed by atoms with E-state index in [-0.39, 0.29) is 16.8 Å². The lowest BCUT2D eigenvalue weighted by molar-refractivity contribution is -0.114. The van der Waals surface area contributed by atoms with E-state index < -0.39 is 10.8 Å². The van der Waals surface area contributed by atoms with E-state index in [4.69, 9.17) is 0 Å². The number of Topliss-reactive ketones (excluding diaryl/α,β-unsaturated/α-hetero) is 1. The van der Waals surface area contributed by atoms with Crippen LogP contribution < -0.4 is 0 Å². The lowest BCUT2D eigenvalue weighted by atomic mass is 10.0. The van der Waals surface area contributed by atoms with Gasteiger partial charge < -0.3 is 0 Å². The van der Waals surface area contributed by atoms with Gasteiger partial charge in [0.15, 0.2) is 0 Å². The minimum atomic E-state index is -1.25. The molecule has 0 aliphatic heterocycles. The molecule has 2 aromatic rings. The Labute approximate surface area is 128 Å². The van der Waals surface area contributed by atoms with Gasteiger partial charge in [-0.1, -0.05) is 59.7 Å². The molecule has 0 radical (unpaired) electrons. The first-order valence-electron chi connectivity index (χ1n) is 6.97. The van der Waals surface area contributed by atoms with E-state index >= 15 is 0 Å². The molecule has 0 saturated carbocycles. The Bertz CT molecular complexity index is 596. The van der Waals surface area contributed by atoms with E-state index in [1.165, 1.54) is 18.1 Å². The number of benzene rings is 2. The summed E-state index contributed by atoms with van der Waals surface area (Å²) >= 11 is 0. The molecular formula is C18H20O2S. The molecule has 2 aromatic carbocycles. The highest BCUT2D eigenvalue weighted by atomic mass is 32.2. The van der Waals surface area contributed by atoms with Crippen molar-refractivity contribution in [2.45, 2.75) is 26.0 Å². The van der Waals surface area contributed by atoms with Gasteiger partial charge >= 0.3 is 0 Å². The summed E-state index contributed by atoms with van der Waals surface area (Å²) in [6, 6.07) is 16.1. The first-order chi connectivity index (χ1) is 9.97. The molecular weight excluding hydrogens is 280 g/mol. The average molecular weight is 300 g/mol. The van der Waals surface area contributed by atoms with Crippen molar-refractivity contribution in [1.82, 2.24) is 0 Å². The Morgan fingerprint density at radius 2 is 1.29 bits per heavy atom. The van der Waals surface area contributed by atoms with Crippen molar-refractivity contribution in [3.8, 4) is 0 Å². The van der Waals surface area contributed by atoms with Crippen molar-refractivity contribution in [1.29, 1.82) is 0 Å². The Morgan fingerprint density at radius 1 is 0.905 bits per heavy atom. The molecule has 3 heteroatoms. The first kappa shape index (κ1) is 15.6. The number of carbonyl (C=O) groups excluding carboxylic acids is 1. The van der Waals surface area contributed by atoms with Crippen molar-refractivity contribution in [3.63, 3.8) is 0 Å². The van der Waals surface area contributed by atoms with Gasteiger partial charge in [0.05, 0.1) is 11.0 Å². The van der Waals surface area contributed by atoms with Crippen LogP contribution in [-0.2, 0) is 15.6 Å². The summed E-state index contributed by atoms with van der Waals surface area (Å²) in [5.74, 6) is 0.0458. The van der Waals surface area contributed by atoms with Crippen molar-refractivity contribution < 1.29 is 9.00 Å². The third kappa shape index (κ3) is 4.11. The van der Waals surface area contributed by atoms with Crippen LogP contribution in [0.5, 0.6) is 0 Å². The summed E-state index contributed by atoms with van der Waals surface area (Å²) in [4.78, 5) is 11.3. The molecule has 0 saturated heterocycles. The molecule has 0 aromatic heterocycles. The van der Waals surface area contributed by atoms with E-state index in [1.807, 2.05) is 62.4 Å². The average Bonchev–Trinajstić information content (AvgIpc) is 2.42. The number of ketones is 1. The highest BCUT2D eigenvalue weighted by molar-refractivity contribution is 7.86. The summed E-state index contributed by atoms with van der Waals surface area (Å²) in [6.45, 7) is 5.54. The molecule has 110 valence electrons. The SMILES string of the molecule is CC(=O)CS(=O)C(c1ccc(C)cc1)c1ccc(C)cc1. The predicted octanol–water partition coefficient (Wildman–Crippen LogP) is 3.73. The second-order valence-electron chi connectivity index (χ2n) is 5.43. The third-order valence-electron chi connectivity index (χ3n) is 3.37. The largest absolute Gasteiger partial charge is 0.299 e. The molecule has 0 N–H and O–H groups in total. The van der Waals surface area contributed by atoms with Gasteiger partial charge in [0.1, 0.15) is 5.78 Å². The Kier molecular flexibility index (Phi) is 5.07. The summed E-state index contributed by atoms with van der Waals surface area (Å²) in [5.41, 5.74) is 4.31. The standard InChI is InChI=1S/C18H20O2S/c1-13-4-8-16(9-5-13)18(21(20)12-15(3)19)17-10-6-14(2)7-11-17/h4-11,18H,12H2,1-3H3. The van der Waals surface area contributed by atoms with Crippen molar-refractivity contribution in [2.75, 3.05) is 5.75 Å². The monoisotopic (exact) mass is 300 g/mol. The molecule has 0 amide bonds. The smallest absolute Gasteiger partial charge is 0.142 e. The van der Waals surface area contributed by atoms with Crippen molar-refractivity contribution in [2.24, 2.45) is 0 Å². The zero-order chi connectivity index (χ0) is 15.4. The first-order valence-corrected chi connectivity index (χ1v) is 8.35. The summed E-state index contributed by atoms with van der Waals surface area (Å²) in [5, 5.41) is -0.255. The van der Waals surface area contributed by atoms with Crippen LogP contribution in [0.2, 0.25) is 0 Å². The Balaban J connectivity index is 2.43. The fourth-order valence-corrected chi connectivity index (χ4v) is 3.75. The van der Waals surface area contributed by atoms with Gasteiger partial charge in [-0.15, -0.1) is 0 Å². The van der Waals surface area contributed by atoms with Crippen LogP contribution in [0.3, 0.4) is 0 Å².